The van der Waals surface area contributed by atoms with Crippen molar-refractivity contribution >= 4 is 5.78 Å². The molecule has 2 aromatic rings. The minimum atomic E-state index is 0.187. The van der Waals surface area contributed by atoms with Crippen molar-refractivity contribution in [1.29, 1.82) is 0 Å². The first-order valence-electron chi connectivity index (χ1n) is 6.56. The zero-order valence-corrected chi connectivity index (χ0v) is 11.0. The highest BCUT2D eigenvalue weighted by Crippen LogP contribution is 2.20. The van der Waals surface area contributed by atoms with Crippen molar-refractivity contribution in [3.05, 3.63) is 52.8 Å². The number of benzene rings is 1. The summed E-state index contributed by atoms with van der Waals surface area (Å²) in [5, 5.41) is 7.44. The van der Waals surface area contributed by atoms with E-state index in [0.29, 0.717) is 6.42 Å². The first-order valence-corrected chi connectivity index (χ1v) is 6.56. The summed E-state index contributed by atoms with van der Waals surface area (Å²) in [4.78, 5) is 12.4. The third-order valence-electron chi connectivity index (χ3n) is 3.56. The Hall–Kier alpha value is -1.94. The molecule has 3 rings (SSSR count). The van der Waals surface area contributed by atoms with Crippen LogP contribution in [0.15, 0.2) is 30.6 Å². The van der Waals surface area contributed by atoms with Gasteiger partial charge in [0.25, 0.3) is 0 Å². The molecule has 0 bridgehead atoms. The van der Waals surface area contributed by atoms with Crippen LogP contribution < -0.4 is 5.32 Å². The van der Waals surface area contributed by atoms with Crippen LogP contribution in [-0.4, -0.2) is 22.1 Å². The molecule has 1 aromatic heterocycles. The van der Waals surface area contributed by atoms with Crippen molar-refractivity contribution < 1.29 is 4.79 Å². The maximum atomic E-state index is 12.4. The topological polar surface area (TPSA) is 46.9 Å². The van der Waals surface area contributed by atoms with E-state index in [0.717, 1.165) is 30.6 Å². The molecule has 0 aliphatic carbocycles. The molecule has 0 amide bonds. The van der Waals surface area contributed by atoms with E-state index in [1.54, 1.807) is 10.9 Å². The number of hydrogen-bond donors (Lipinski definition) is 1. The van der Waals surface area contributed by atoms with Gasteiger partial charge < -0.3 is 5.32 Å². The van der Waals surface area contributed by atoms with Gasteiger partial charge in [-0.1, -0.05) is 18.2 Å². The highest BCUT2D eigenvalue weighted by molar-refractivity contribution is 5.99. The molecular formula is C15H17N3O. The number of ketones is 1. The number of hydrogen-bond acceptors (Lipinski definition) is 3. The van der Waals surface area contributed by atoms with Crippen LogP contribution >= 0.6 is 0 Å². The minimum absolute atomic E-state index is 0.187. The molecular weight excluding hydrogens is 238 g/mol. The van der Waals surface area contributed by atoms with Gasteiger partial charge in [0.1, 0.15) is 0 Å². The number of fused-ring (bicyclic) bond motifs is 1. The largest absolute Gasteiger partial charge is 0.312 e. The van der Waals surface area contributed by atoms with Crippen molar-refractivity contribution in [2.45, 2.75) is 19.4 Å². The lowest BCUT2D eigenvalue weighted by Gasteiger charge is -2.19. The van der Waals surface area contributed by atoms with Crippen LogP contribution in [0.25, 0.3) is 0 Å². The summed E-state index contributed by atoms with van der Waals surface area (Å²) in [6, 6.07) is 6.02. The predicted octanol–water partition coefficient (Wildman–Crippen LogP) is 1.49. The first kappa shape index (κ1) is 12.1. The van der Waals surface area contributed by atoms with Crippen molar-refractivity contribution in [1.82, 2.24) is 15.1 Å². The maximum Gasteiger partial charge on any atom is 0.167 e. The summed E-state index contributed by atoms with van der Waals surface area (Å²) in [6.45, 7) is 1.81. The van der Waals surface area contributed by atoms with Crippen molar-refractivity contribution in [3.8, 4) is 0 Å². The Morgan fingerprint density at radius 1 is 1.47 bits per heavy atom. The summed E-state index contributed by atoms with van der Waals surface area (Å²) >= 11 is 0. The van der Waals surface area contributed by atoms with Crippen LogP contribution in [0, 0.1) is 0 Å². The minimum Gasteiger partial charge on any atom is -0.312 e. The zero-order chi connectivity index (χ0) is 13.2. The molecule has 1 N–H and O–H groups in total. The van der Waals surface area contributed by atoms with Crippen molar-refractivity contribution in [2.24, 2.45) is 7.05 Å². The molecule has 1 aliphatic heterocycles. The highest BCUT2D eigenvalue weighted by Gasteiger charge is 2.17. The predicted molar refractivity (Wildman–Crippen MR) is 73.1 cm³/mol. The second kappa shape index (κ2) is 4.97. The third kappa shape index (κ3) is 2.44. The zero-order valence-electron chi connectivity index (χ0n) is 11.0. The van der Waals surface area contributed by atoms with Gasteiger partial charge in [-0.3, -0.25) is 9.48 Å². The number of Topliss-reactive ketones (excluding diaryl/α,β-unsaturated/α-hetero) is 1. The molecule has 0 atom stereocenters. The summed E-state index contributed by atoms with van der Waals surface area (Å²) in [5.41, 5.74) is 4.32. The average Bonchev–Trinajstić information content (AvgIpc) is 2.83. The fraction of sp³-hybridized carbons (Fsp3) is 0.333. The normalized spacial score (nSPS) is 14.2. The number of carbonyl (C=O) groups is 1. The number of carbonyl (C=O) groups excluding carboxylic acids is 1. The molecule has 0 radical (unpaired) electrons. The number of aryl methyl sites for hydroxylation is 1. The standard InChI is InChI=1S/C15H17N3O/c1-18-10-11(8-17-18)7-15(19)14-4-2-3-12-9-16-6-5-13(12)14/h2-4,8,10,16H,5-7,9H2,1H3. The Morgan fingerprint density at radius 3 is 3.16 bits per heavy atom. The summed E-state index contributed by atoms with van der Waals surface area (Å²) in [5.74, 6) is 0.187. The molecule has 4 nitrogen and oxygen atoms in total. The van der Waals surface area contributed by atoms with E-state index < -0.39 is 0 Å². The van der Waals surface area contributed by atoms with Gasteiger partial charge in [-0.15, -0.1) is 0 Å². The van der Waals surface area contributed by atoms with Gasteiger partial charge in [-0.2, -0.15) is 5.10 Å². The molecule has 0 fully saturated rings. The molecule has 1 aliphatic rings. The Bertz CT molecular complexity index is 616. The van der Waals surface area contributed by atoms with E-state index in [2.05, 4.69) is 16.5 Å². The first-order chi connectivity index (χ1) is 9.24. The van der Waals surface area contributed by atoms with E-state index in [9.17, 15) is 4.79 Å². The molecule has 4 heteroatoms. The van der Waals surface area contributed by atoms with Gasteiger partial charge in [0.05, 0.1) is 6.20 Å². The van der Waals surface area contributed by atoms with Crippen LogP contribution in [0.3, 0.4) is 0 Å². The van der Waals surface area contributed by atoms with Gasteiger partial charge in [0, 0.05) is 31.8 Å². The molecule has 0 saturated heterocycles. The van der Waals surface area contributed by atoms with Gasteiger partial charge in [0.2, 0.25) is 0 Å². The smallest absolute Gasteiger partial charge is 0.167 e. The third-order valence-corrected chi connectivity index (χ3v) is 3.56. The van der Waals surface area contributed by atoms with Crippen LogP contribution in [0.4, 0.5) is 0 Å². The van der Waals surface area contributed by atoms with E-state index in [-0.39, 0.29) is 5.78 Å². The van der Waals surface area contributed by atoms with Gasteiger partial charge in [0.15, 0.2) is 5.78 Å². The highest BCUT2D eigenvalue weighted by atomic mass is 16.1. The fourth-order valence-corrected chi connectivity index (χ4v) is 2.64. The Morgan fingerprint density at radius 2 is 2.37 bits per heavy atom. The molecule has 0 saturated carbocycles. The summed E-state index contributed by atoms with van der Waals surface area (Å²) < 4.78 is 1.73. The monoisotopic (exact) mass is 255 g/mol. The Labute approximate surface area is 112 Å². The van der Waals surface area contributed by atoms with E-state index >= 15 is 0 Å². The molecule has 0 spiro atoms. The fourth-order valence-electron chi connectivity index (χ4n) is 2.64. The van der Waals surface area contributed by atoms with Gasteiger partial charge in [-0.05, 0) is 29.7 Å². The quantitative estimate of drug-likeness (QED) is 0.845. The van der Waals surface area contributed by atoms with Gasteiger partial charge >= 0.3 is 0 Å². The van der Waals surface area contributed by atoms with Crippen LogP contribution in [-0.2, 0) is 26.4 Å². The molecule has 1 aromatic carbocycles. The Balaban J connectivity index is 1.87. The van der Waals surface area contributed by atoms with E-state index in [4.69, 9.17) is 0 Å². The average molecular weight is 255 g/mol. The molecule has 98 valence electrons. The van der Waals surface area contributed by atoms with E-state index in [1.807, 2.05) is 25.4 Å². The van der Waals surface area contributed by atoms with Crippen LogP contribution in [0.5, 0.6) is 0 Å². The maximum absolute atomic E-state index is 12.4. The number of rotatable bonds is 3. The molecule has 19 heavy (non-hydrogen) atoms. The number of aromatic nitrogens is 2. The van der Waals surface area contributed by atoms with Crippen molar-refractivity contribution in [2.75, 3.05) is 6.54 Å². The van der Waals surface area contributed by atoms with Gasteiger partial charge in [-0.25, -0.2) is 0 Å². The van der Waals surface area contributed by atoms with Crippen LogP contribution in [0.2, 0.25) is 0 Å². The summed E-state index contributed by atoms with van der Waals surface area (Å²) in [6.07, 6.45) is 5.02. The lowest BCUT2D eigenvalue weighted by atomic mass is 9.92. The molecule has 2 heterocycles. The Kier molecular flexibility index (Phi) is 3.17. The second-order valence-electron chi connectivity index (χ2n) is 4.99. The molecule has 0 unspecified atom stereocenters. The second-order valence-corrected chi connectivity index (χ2v) is 4.99. The lowest BCUT2D eigenvalue weighted by Crippen LogP contribution is -2.25. The number of nitrogens with one attached hydrogen (secondary N) is 1. The van der Waals surface area contributed by atoms with E-state index in [1.165, 1.54) is 11.1 Å². The van der Waals surface area contributed by atoms with Crippen LogP contribution in [0.1, 0.15) is 27.0 Å². The number of nitrogens with zero attached hydrogens (tertiary/aromatic N) is 2. The SMILES string of the molecule is Cn1cc(CC(=O)c2cccc3c2CCNC3)cn1. The summed E-state index contributed by atoms with van der Waals surface area (Å²) in [7, 11) is 1.87. The van der Waals surface area contributed by atoms with Crippen molar-refractivity contribution in [3.63, 3.8) is 0 Å². The lowest BCUT2D eigenvalue weighted by molar-refractivity contribution is 0.0992.